The lowest BCUT2D eigenvalue weighted by Gasteiger charge is -2.30. The third kappa shape index (κ3) is 3.64. The van der Waals surface area contributed by atoms with E-state index in [-0.39, 0.29) is 11.8 Å². The standard InChI is InChI=1S/C18H26N2O3S/c19-18(21)16-10-12-20(13-11-16)24(22,23)17-8-6-15(7-9-17)14-4-2-1-3-5-14/h6-9,14,16H,1-5,10-13H2,(H2,19,21). The summed E-state index contributed by atoms with van der Waals surface area (Å²) in [4.78, 5) is 11.6. The summed E-state index contributed by atoms with van der Waals surface area (Å²) < 4.78 is 27.0. The molecule has 0 radical (unpaired) electrons. The van der Waals surface area contributed by atoms with Gasteiger partial charge in [-0.1, -0.05) is 31.4 Å². The second-order valence-electron chi connectivity index (χ2n) is 6.98. The molecule has 1 saturated heterocycles. The molecule has 5 nitrogen and oxygen atoms in total. The molecule has 1 amide bonds. The molecule has 1 saturated carbocycles. The molecule has 3 rings (SSSR count). The minimum absolute atomic E-state index is 0.204. The number of hydrogen-bond acceptors (Lipinski definition) is 3. The fourth-order valence-corrected chi connectivity index (χ4v) is 5.35. The van der Waals surface area contributed by atoms with E-state index in [1.807, 2.05) is 12.1 Å². The molecule has 2 aliphatic rings. The van der Waals surface area contributed by atoms with E-state index in [1.54, 1.807) is 12.1 Å². The van der Waals surface area contributed by atoms with Crippen LogP contribution in [0.5, 0.6) is 0 Å². The van der Waals surface area contributed by atoms with Gasteiger partial charge in [0.1, 0.15) is 0 Å². The number of nitrogens with zero attached hydrogens (tertiary/aromatic N) is 1. The molecule has 1 aliphatic carbocycles. The Hall–Kier alpha value is -1.40. The van der Waals surface area contributed by atoms with Crippen molar-refractivity contribution in [3.8, 4) is 0 Å². The maximum atomic E-state index is 12.8. The number of sulfonamides is 1. The highest BCUT2D eigenvalue weighted by Crippen LogP contribution is 2.33. The summed E-state index contributed by atoms with van der Waals surface area (Å²) in [7, 11) is -3.48. The van der Waals surface area contributed by atoms with E-state index in [4.69, 9.17) is 5.73 Å². The van der Waals surface area contributed by atoms with E-state index >= 15 is 0 Å². The van der Waals surface area contributed by atoms with Crippen LogP contribution in [0.15, 0.2) is 29.2 Å². The number of primary amides is 1. The third-order valence-electron chi connectivity index (χ3n) is 5.45. The van der Waals surface area contributed by atoms with Gasteiger partial charge in [0.2, 0.25) is 15.9 Å². The van der Waals surface area contributed by atoms with Gasteiger partial charge in [-0.05, 0) is 49.3 Å². The van der Waals surface area contributed by atoms with Crippen LogP contribution in [-0.4, -0.2) is 31.7 Å². The number of carbonyl (C=O) groups excluding carboxylic acids is 1. The molecule has 1 aliphatic heterocycles. The fourth-order valence-electron chi connectivity index (χ4n) is 3.88. The molecular formula is C18H26N2O3S. The molecule has 132 valence electrons. The zero-order valence-electron chi connectivity index (χ0n) is 14.0. The number of amides is 1. The van der Waals surface area contributed by atoms with Gasteiger partial charge in [0.25, 0.3) is 0 Å². The maximum Gasteiger partial charge on any atom is 0.243 e. The Labute approximate surface area is 144 Å². The van der Waals surface area contributed by atoms with Crippen LogP contribution < -0.4 is 5.73 Å². The molecule has 0 unspecified atom stereocenters. The Morgan fingerprint density at radius 2 is 1.54 bits per heavy atom. The normalized spacial score (nSPS) is 21.7. The highest BCUT2D eigenvalue weighted by atomic mass is 32.2. The van der Waals surface area contributed by atoms with Gasteiger partial charge in [-0.25, -0.2) is 8.42 Å². The minimum Gasteiger partial charge on any atom is -0.369 e. The van der Waals surface area contributed by atoms with E-state index in [2.05, 4.69) is 0 Å². The molecule has 2 N–H and O–H groups in total. The average Bonchev–Trinajstić information content (AvgIpc) is 2.62. The van der Waals surface area contributed by atoms with Gasteiger partial charge in [-0.2, -0.15) is 4.31 Å². The Morgan fingerprint density at radius 3 is 2.08 bits per heavy atom. The second-order valence-corrected chi connectivity index (χ2v) is 8.92. The van der Waals surface area contributed by atoms with E-state index in [1.165, 1.54) is 42.0 Å². The summed E-state index contributed by atoms with van der Waals surface area (Å²) in [5.41, 5.74) is 6.56. The van der Waals surface area contributed by atoms with Crippen LogP contribution in [0.3, 0.4) is 0 Å². The molecule has 0 aromatic heterocycles. The second kappa shape index (κ2) is 7.23. The molecule has 0 bridgehead atoms. The van der Waals surface area contributed by atoms with Crippen molar-refractivity contribution in [3.05, 3.63) is 29.8 Å². The first kappa shape index (κ1) is 17.4. The van der Waals surface area contributed by atoms with Crippen molar-refractivity contribution in [3.63, 3.8) is 0 Å². The summed E-state index contributed by atoms with van der Waals surface area (Å²) in [6.45, 7) is 0.723. The number of nitrogens with two attached hydrogens (primary N) is 1. The lowest BCUT2D eigenvalue weighted by atomic mass is 9.84. The van der Waals surface area contributed by atoms with E-state index < -0.39 is 10.0 Å². The first-order valence-electron chi connectivity index (χ1n) is 8.88. The molecule has 0 spiro atoms. The Bertz CT molecular complexity index is 671. The lowest BCUT2D eigenvalue weighted by Crippen LogP contribution is -2.41. The Kier molecular flexibility index (Phi) is 5.25. The van der Waals surface area contributed by atoms with E-state index in [0.717, 1.165) is 0 Å². The van der Waals surface area contributed by atoms with Crippen molar-refractivity contribution in [1.82, 2.24) is 4.31 Å². The average molecular weight is 350 g/mol. The largest absolute Gasteiger partial charge is 0.369 e. The van der Waals surface area contributed by atoms with Crippen molar-refractivity contribution in [2.45, 2.75) is 55.8 Å². The van der Waals surface area contributed by atoms with E-state index in [9.17, 15) is 13.2 Å². The zero-order chi connectivity index (χ0) is 17.2. The summed E-state index contributed by atoms with van der Waals surface area (Å²) in [5, 5.41) is 0. The van der Waals surface area contributed by atoms with Crippen LogP contribution in [0.4, 0.5) is 0 Å². The van der Waals surface area contributed by atoms with Gasteiger partial charge in [-0.15, -0.1) is 0 Å². The van der Waals surface area contributed by atoms with Gasteiger partial charge in [0.15, 0.2) is 0 Å². The van der Waals surface area contributed by atoms with Gasteiger partial charge >= 0.3 is 0 Å². The smallest absolute Gasteiger partial charge is 0.243 e. The molecule has 1 aromatic carbocycles. The quantitative estimate of drug-likeness (QED) is 0.906. The van der Waals surface area contributed by atoms with Crippen LogP contribution in [-0.2, 0) is 14.8 Å². The SMILES string of the molecule is NC(=O)C1CCN(S(=O)(=O)c2ccc(C3CCCCC3)cc2)CC1. The summed E-state index contributed by atoms with van der Waals surface area (Å²) in [6.07, 6.45) is 7.26. The third-order valence-corrected chi connectivity index (χ3v) is 7.36. The van der Waals surface area contributed by atoms with E-state index in [0.29, 0.717) is 36.7 Å². The summed E-state index contributed by atoms with van der Waals surface area (Å²) >= 11 is 0. The molecule has 24 heavy (non-hydrogen) atoms. The minimum atomic E-state index is -3.48. The number of hydrogen-bond donors (Lipinski definition) is 1. The lowest BCUT2D eigenvalue weighted by molar-refractivity contribution is -0.122. The van der Waals surface area contributed by atoms with Crippen LogP contribution in [0.2, 0.25) is 0 Å². The molecule has 0 atom stereocenters. The van der Waals surface area contributed by atoms with Crippen LogP contribution >= 0.6 is 0 Å². The van der Waals surface area contributed by atoms with Crippen molar-refractivity contribution in [2.24, 2.45) is 11.7 Å². The zero-order valence-corrected chi connectivity index (χ0v) is 14.8. The van der Waals surface area contributed by atoms with Gasteiger partial charge in [0.05, 0.1) is 4.90 Å². The van der Waals surface area contributed by atoms with Crippen LogP contribution in [0.1, 0.15) is 56.4 Å². The maximum absolute atomic E-state index is 12.8. The van der Waals surface area contributed by atoms with Crippen LogP contribution in [0, 0.1) is 5.92 Å². The Morgan fingerprint density at radius 1 is 0.958 bits per heavy atom. The molecular weight excluding hydrogens is 324 g/mol. The molecule has 1 heterocycles. The van der Waals surface area contributed by atoms with Gasteiger partial charge < -0.3 is 5.73 Å². The predicted octanol–water partition coefficient (Wildman–Crippen LogP) is 2.62. The molecule has 1 aromatic rings. The van der Waals surface area contributed by atoms with Gasteiger partial charge in [0, 0.05) is 19.0 Å². The Balaban J connectivity index is 1.69. The highest BCUT2D eigenvalue weighted by Gasteiger charge is 2.31. The van der Waals surface area contributed by atoms with Crippen molar-refractivity contribution >= 4 is 15.9 Å². The number of piperidine rings is 1. The topological polar surface area (TPSA) is 80.5 Å². The van der Waals surface area contributed by atoms with Crippen molar-refractivity contribution in [2.75, 3.05) is 13.1 Å². The summed E-state index contributed by atoms with van der Waals surface area (Å²) in [5.74, 6) is 0.0378. The first-order valence-corrected chi connectivity index (χ1v) is 10.3. The number of benzene rings is 1. The molecule has 2 fully saturated rings. The fraction of sp³-hybridized carbons (Fsp3) is 0.611. The monoisotopic (exact) mass is 350 g/mol. The van der Waals surface area contributed by atoms with Crippen LogP contribution in [0.25, 0.3) is 0 Å². The predicted molar refractivity (Wildman–Crippen MR) is 92.9 cm³/mol. The van der Waals surface area contributed by atoms with Crippen molar-refractivity contribution in [1.29, 1.82) is 0 Å². The first-order chi connectivity index (χ1) is 11.5. The highest BCUT2D eigenvalue weighted by molar-refractivity contribution is 7.89. The number of carbonyl (C=O) groups is 1. The number of rotatable bonds is 4. The summed E-state index contributed by atoms with van der Waals surface area (Å²) in [6, 6.07) is 7.41. The molecule has 6 heteroatoms. The van der Waals surface area contributed by atoms with Crippen molar-refractivity contribution < 1.29 is 13.2 Å². The van der Waals surface area contributed by atoms with Gasteiger partial charge in [-0.3, -0.25) is 4.79 Å².